The molecule has 0 aliphatic heterocycles. The molecule has 1 aromatic rings. The minimum absolute atomic E-state index is 0.178. The smallest absolute Gasteiger partial charge is 0.145 e. The molecule has 18 heavy (non-hydrogen) atoms. The van der Waals surface area contributed by atoms with Crippen LogP contribution in [0.4, 0.5) is 11.6 Å². The second-order valence-electron chi connectivity index (χ2n) is 4.39. The highest BCUT2D eigenvalue weighted by Gasteiger charge is 2.13. The Morgan fingerprint density at radius 2 is 2.17 bits per heavy atom. The largest absolute Gasteiger partial charge is 0.396 e. The van der Waals surface area contributed by atoms with Crippen molar-refractivity contribution in [2.45, 2.75) is 39.7 Å². The molecule has 0 saturated heterocycles. The predicted molar refractivity (Wildman–Crippen MR) is 73.4 cm³/mol. The number of hydrazine groups is 1. The summed E-state index contributed by atoms with van der Waals surface area (Å²) in [6, 6.07) is 2.14. The number of anilines is 2. The first kappa shape index (κ1) is 14.7. The molecule has 0 spiro atoms. The first-order valence-electron chi connectivity index (χ1n) is 6.34. The van der Waals surface area contributed by atoms with Gasteiger partial charge in [0.25, 0.3) is 0 Å². The van der Waals surface area contributed by atoms with Crippen LogP contribution in [-0.2, 0) is 6.42 Å². The summed E-state index contributed by atoms with van der Waals surface area (Å²) >= 11 is 0. The van der Waals surface area contributed by atoms with Gasteiger partial charge in [0.1, 0.15) is 17.5 Å². The maximum atomic E-state index is 8.95. The van der Waals surface area contributed by atoms with Gasteiger partial charge in [-0.25, -0.2) is 15.8 Å². The quantitative estimate of drug-likeness (QED) is 0.495. The van der Waals surface area contributed by atoms with Crippen LogP contribution < -0.4 is 16.2 Å². The number of aliphatic hydroxyl groups is 1. The highest BCUT2D eigenvalue weighted by molar-refractivity contribution is 5.49. The van der Waals surface area contributed by atoms with Gasteiger partial charge in [-0.2, -0.15) is 0 Å². The van der Waals surface area contributed by atoms with Crippen LogP contribution >= 0.6 is 0 Å². The third-order valence-electron chi connectivity index (χ3n) is 2.70. The molecule has 0 aliphatic rings. The molecule has 6 heteroatoms. The number of rotatable bonds is 7. The Balaban J connectivity index is 3.02. The van der Waals surface area contributed by atoms with Gasteiger partial charge in [-0.05, 0) is 20.3 Å². The molecule has 0 fully saturated rings. The van der Waals surface area contributed by atoms with E-state index in [9.17, 15) is 0 Å². The van der Waals surface area contributed by atoms with Crippen molar-refractivity contribution in [1.82, 2.24) is 9.97 Å². The van der Waals surface area contributed by atoms with E-state index in [2.05, 4.69) is 34.1 Å². The average Bonchev–Trinajstić information content (AvgIpc) is 2.38. The molecule has 0 atom stereocenters. The van der Waals surface area contributed by atoms with Crippen LogP contribution in [0.1, 0.15) is 33.0 Å². The number of nitrogens with two attached hydrogens (primary N) is 1. The summed E-state index contributed by atoms with van der Waals surface area (Å²) in [5.74, 6) is 7.64. The van der Waals surface area contributed by atoms with Crippen molar-refractivity contribution in [3.8, 4) is 0 Å². The zero-order valence-corrected chi connectivity index (χ0v) is 11.3. The Labute approximate surface area is 108 Å². The molecule has 0 aliphatic carbocycles. The Morgan fingerprint density at radius 3 is 2.67 bits per heavy atom. The fraction of sp³-hybridized carbons (Fsp3) is 0.667. The molecule has 4 N–H and O–H groups in total. The van der Waals surface area contributed by atoms with Gasteiger partial charge in [0.2, 0.25) is 0 Å². The molecule has 0 unspecified atom stereocenters. The molecule has 0 saturated carbocycles. The van der Waals surface area contributed by atoms with Gasteiger partial charge in [0.05, 0.1) is 0 Å². The Hall–Kier alpha value is -1.40. The number of aromatic nitrogens is 2. The SMILES string of the molecule is CCc1nc(NN)cc(N(CCCO)C(C)C)n1. The van der Waals surface area contributed by atoms with E-state index < -0.39 is 0 Å². The summed E-state index contributed by atoms with van der Waals surface area (Å²) in [5.41, 5.74) is 2.56. The summed E-state index contributed by atoms with van der Waals surface area (Å²) in [6.07, 6.45) is 1.48. The molecular weight excluding hydrogens is 230 g/mol. The van der Waals surface area contributed by atoms with E-state index in [1.165, 1.54) is 0 Å². The molecule has 0 amide bonds. The van der Waals surface area contributed by atoms with Crippen LogP contribution in [0.15, 0.2) is 6.07 Å². The van der Waals surface area contributed by atoms with E-state index in [1.54, 1.807) is 0 Å². The maximum Gasteiger partial charge on any atom is 0.145 e. The summed E-state index contributed by atoms with van der Waals surface area (Å²) in [7, 11) is 0. The van der Waals surface area contributed by atoms with Crippen LogP contribution in [0.25, 0.3) is 0 Å². The molecule has 0 aromatic carbocycles. The van der Waals surface area contributed by atoms with Crippen LogP contribution in [0.3, 0.4) is 0 Å². The number of aliphatic hydroxyl groups excluding tert-OH is 1. The van der Waals surface area contributed by atoms with Crippen molar-refractivity contribution in [1.29, 1.82) is 0 Å². The highest BCUT2D eigenvalue weighted by Crippen LogP contribution is 2.18. The highest BCUT2D eigenvalue weighted by atomic mass is 16.3. The van der Waals surface area contributed by atoms with E-state index in [4.69, 9.17) is 10.9 Å². The molecule has 1 rings (SSSR count). The lowest BCUT2D eigenvalue weighted by Gasteiger charge is -2.28. The van der Waals surface area contributed by atoms with Gasteiger partial charge >= 0.3 is 0 Å². The van der Waals surface area contributed by atoms with Gasteiger partial charge in [0.15, 0.2) is 0 Å². The molecular formula is C12H23N5O. The van der Waals surface area contributed by atoms with Gasteiger partial charge in [-0.3, -0.25) is 0 Å². The summed E-state index contributed by atoms with van der Waals surface area (Å²) in [5, 5.41) is 8.95. The summed E-state index contributed by atoms with van der Waals surface area (Å²) in [6.45, 7) is 7.14. The lowest BCUT2D eigenvalue weighted by Crippen LogP contribution is -2.33. The first-order chi connectivity index (χ1) is 8.62. The predicted octanol–water partition coefficient (Wildman–Crippen LogP) is 0.922. The fourth-order valence-corrected chi connectivity index (χ4v) is 1.74. The topological polar surface area (TPSA) is 87.3 Å². The van der Waals surface area contributed by atoms with Crippen molar-refractivity contribution in [2.24, 2.45) is 5.84 Å². The van der Waals surface area contributed by atoms with Crippen molar-refractivity contribution in [3.63, 3.8) is 0 Å². The van der Waals surface area contributed by atoms with Crippen LogP contribution in [-0.4, -0.2) is 34.3 Å². The third-order valence-corrected chi connectivity index (χ3v) is 2.70. The van der Waals surface area contributed by atoms with Crippen molar-refractivity contribution in [3.05, 3.63) is 11.9 Å². The molecule has 0 bridgehead atoms. The fourth-order valence-electron chi connectivity index (χ4n) is 1.74. The Bertz CT molecular complexity index is 347. The monoisotopic (exact) mass is 253 g/mol. The van der Waals surface area contributed by atoms with Gasteiger partial charge in [0, 0.05) is 31.7 Å². The van der Waals surface area contributed by atoms with E-state index in [-0.39, 0.29) is 6.61 Å². The van der Waals surface area contributed by atoms with E-state index in [1.807, 2.05) is 13.0 Å². The number of nitrogen functional groups attached to an aromatic ring is 1. The third kappa shape index (κ3) is 3.82. The summed E-state index contributed by atoms with van der Waals surface area (Å²) in [4.78, 5) is 10.9. The molecule has 1 aromatic heterocycles. The zero-order valence-electron chi connectivity index (χ0n) is 11.3. The van der Waals surface area contributed by atoms with Crippen molar-refractivity contribution < 1.29 is 5.11 Å². The molecule has 102 valence electrons. The minimum atomic E-state index is 0.178. The summed E-state index contributed by atoms with van der Waals surface area (Å²) < 4.78 is 0. The van der Waals surface area contributed by atoms with E-state index >= 15 is 0 Å². The minimum Gasteiger partial charge on any atom is -0.396 e. The van der Waals surface area contributed by atoms with E-state index in [0.29, 0.717) is 11.9 Å². The second-order valence-corrected chi connectivity index (χ2v) is 4.39. The number of aryl methyl sites for hydroxylation is 1. The average molecular weight is 253 g/mol. The molecule has 1 heterocycles. The molecule has 6 nitrogen and oxygen atoms in total. The number of hydrogen-bond acceptors (Lipinski definition) is 6. The molecule has 0 radical (unpaired) electrons. The second kappa shape index (κ2) is 7.13. The first-order valence-corrected chi connectivity index (χ1v) is 6.34. The van der Waals surface area contributed by atoms with Gasteiger partial charge in [-0.1, -0.05) is 6.92 Å². The standard InChI is InChI=1S/C12H23N5O/c1-4-10-14-11(16-13)8-12(15-10)17(9(2)3)6-5-7-18/h8-9,18H,4-7,13H2,1-3H3,(H,14,15,16). The van der Waals surface area contributed by atoms with Gasteiger partial charge in [-0.15, -0.1) is 0 Å². The van der Waals surface area contributed by atoms with Crippen LogP contribution in [0.2, 0.25) is 0 Å². The Morgan fingerprint density at radius 1 is 1.44 bits per heavy atom. The van der Waals surface area contributed by atoms with Gasteiger partial charge < -0.3 is 15.4 Å². The zero-order chi connectivity index (χ0) is 13.5. The maximum absolute atomic E-state index is 8.95. The number of nitrogens with one attached hydrogen (secondary N) is 1. The normalized spacial score (nSPS) is 10.8. The van der Waals surface area contributed by atoms with E-state index in [0.717, 1.165) is 31.0 Å². The lowest BCUT2D eigenvalue weighted by atomic mass is 10.2. The number of hydrogen-bond donors (Lipinski definition) is 3. The van der Waals surface area contributed by atoms with Crippen molar-refractivity contribution >= 4 is 11.6 Å². The Kier molecular flexibility index (Phi) is 5.80. The van der Waals surface area contributed by atoms with Crippen LogP contribution in [0.5, 0.6) is 0 Å². The lowest BCUT2D eigenvalue weighted by molar-refractivity contribution is 0.288. The van der Waals surface area contributed by atoms with Crippen molar-refractivity contribution in [2.75, 3.05) is 23.5 Å². The number of nitrogens with zero attached hydrogens (tertiary/aromatic N) is 3. The van der Waals surface area contributed by atoms with Crippen LogP contribution in [0, 0.1) is 0 Å².